The zero-order valence-corrected chi connectivity index (χ0v) is 9.32. The molecule has 7 heteroatoms. The summed E-state index contributed by atoms with van der Waals surface area (Å²) < 4.78 is 4.67. The lowest BCUT2D eigenvalue weighted by molar-refractivity contribution is -0.385. The van der Waals surface area contributed by atoms with E-state index in [1.54, 1.807) is 0 Å². The average molecular weight is 251 g/mol. The second-order valence-electron chi connectivity index (χ2n) is 3.25. The fraction of sp³-hybridized carbons (Fsp3) is 0.0909. The van der Waals surface area contributed by atoms with Crippen LogP contribution in [0, 0.1) is 10.1 Å². The van der Waals surface area contributed by atoms with Crippen LogP contribution in [0.25, 0.3) is 6.08 Å². The summed E-state index contributed by atoms with van der Waals surface area (Å²) in [6, 6.07) is 3.77. The number of hydrogen-bond donors (Lipinski definition) is 1. The molecule has 7 nitrogen and oxygen atoms in total. The number of aliphatic carboxylic acids is 1. The maximum Gasteiger partial charge on any atom is 0.328 e. The molecule has 1 rings (SSSR count). The van der Waals surface area contributed by atoms with Crippen molar-refractivity contribution >= 4 is 23.7 Å². The molecule has 94 valence electrons. The lowest BCUT2D eigenvalue weighted by atomic mass is 10.1. The molecule has 0 aromatic heterocycles. The number of benzene rings is 1. The minimum absolute atomic E-state index is 0.181. The van der Waals surface area contributed by atoms with Gasteiger partial charge in [-0.05, 0) is 17.7 Å². The summed E-state index contributed by atoms with van der Waals surface area (Å²) in [6.07, 6.45) is 2.05. The van der Waals surface area contributed by atoms with Crippen LogP contribution in [0.2, 0.25) is 0 Å². The van der Waals surface area contributed by atoms with Crippen LogP contribution >= 0.6 is 0 Å². The summed E-state index contributed by atoms with van der Waals surface area (Å²) in [5, 5.41) is 19.2. The first kappa shape index (κ1) is 13.4. The highest BCUT2D eigenvalue weighted by atomic mass is 16.6. The summed E-state index contributed by atoms with van der Waals surface area (Å²) in [6.45, 7) is 1.13. The predicted octanol–water partition coefficient (Wildman–Crippen LogP) is 1.62. The Kier molecular flexibility index (Phi) is 4.14. The number of nitro benzene ring substituents is 1. The number of carbonyl (C=O) groups is 2. The van der Waals surface area contributed by atoms with Gasteiger partial charge in [0.1, 0.15) is 0 Å². The lowest BCUT2D eigenvalue weighted by Crippen LogP contribution is -2.04. The Bertz CT molecular complexity index is 534. The van der Waals surface area contributed by atoms with Gasteiger partial charge in [0.05, 0.1) is 4.92 Å². The molecular weight excluding hydrogens is 242 g/mol. The van der Waals surface area contributed by atoms with Crippen molar-refractivity contribution in [3.8, 4) is 5.75 Å². The van der Waals surface area contributed by atoms with Crippen molar-refractivity contribution in [3.05, 3.63) is 40.0 Å². The highest BCUT2D eigenvalue weighted by molar-refractivity contribution is 5.85. The van der Waals surface area contributed by atoms with E-state index in [0.717, 1.165) is 19.1 Å². The fourth-order valence-corrected chi connectivity index (χ4v) is 1.19. The second-order valence-corrected chi connectivity index (χ2v) is 3.25. The van der Waals surface area contributed by atoms with Crippen LogP contribution in [0.5, 0.6) is 5.75 Å². The number of esters is 1. The van der Waals surface area contributed by atoms with Gasteiger partial charge in [-0.1, -0.05) is 6.07 Å². The summed E-state index contributed by atoms with van der Waals surface area (Å²) >= 11 is 0. The maximum atomic E-state index is 10.8. The third-order valence-electron chi connectivity index (χ3n) is 1.85. The van der Waals surface area contributed by atoms with E-state index in [9.17, 15) is 19.7 Å². The number of rotatable bonds is 4. The molecule has 0 heterocycles. The van der Waals surface area contributed by atoms with Gasteiger partial charge >= 0.3 is 17.6 Å². The van der Waals surface area contributed by atoms with Crippen molar-refractivity contribution in [2.75, 3.05) is 0 Å². The van der Waals surface area contributed by atoms with Crippen LogP contribution in [0.15, 0.2) is 24.3 Å². The van der Waals surface area contributed by atoms with Gasteiger partial charge in [-0.3, -0.25) is 14.9 Å². The van der Waals surface area contributed by atoms with Gasteiger partial charge in [-0.2, -0.15) is 0 Å². The Morgan fingerprint density at radius 3 is 2.61 bits per heavy atom. The number of nitro groups is 1. The molecule has 0 bridgehead atoms. The fourth-order valence-electron chi connectivity index (χ4n) is 1.19. The molecule has 1 N–H and O–H groups in total. The van der Waals surface area contributed by atoms with Gasteiger partial charge in [-0.25, -0.2) is 4.79 Å². The van der Waals surface area contributed by atoms with Crippen LogP contribution in [0.4, 0.5) is 5.69 Å². The molecule has 1 aromatic rings. The van der Waals surface area contributed by atoms with Crippen molar-refractivity contribution in [1.82, 2.24) is 0 Å². The number of carboxylic acid groups (broad SMARTS) is 1. The smallest absolute Gasteiger partial charge is 0.328 e. The predicted molar refractivity (Wildman–Crippen MR) is 61.1 cm³/mol. The van der Waals surface area contributed by atoms with E-state index in [2.05, 4.69) is 4.74 Å². The van der Waals surface area contributed by atoms with Crippen LogP contribution < -0.4 is 4.74 Å². The number of nitrogens with zero attached hydrogens (tertiary/aromatic N) is 1. The number of ether oxygens (including phenoxy) is 1. The zero-order chi connectivity index (χ0) is 13.7. The molecule has 18 heavy (non-hydrogen) atoms. The molecule has 0 radical (unpaired) electrons. The molecule has 0 aliphatic heterocycles. The monoisotopic (exact) mass is 251 g/mol. The Morgan fingerprint density at radius 2 is 2.11 bits per heavy atom. The molecule has 0 unspecified atom stereocenters. The second kappa shape index (κ2) is 5.58. The van der Waals surface area contributed by atoms with Crippen LogP contribution in [-0.4, -0.2) is 22.0 Å². The molecule has 0 spiro atoms. The molecule has 0 amide bonds. The number of hydrogen-bond acceptors (Lipinski definition) is 5. The number of carbonyl (C=O) groups excluding carboxylic acids is 1. The zero-order valence-electron chi connectivity index (χ0n) is 9.32. The molecular formula is C11H9NO6. The molecule has 1 aromatic carbocycles. The third-order valence-corrected chi connectivity index (χ3v) is 1.85. The van der Waals surface area contributed by atoms with Crippen LogP contribution in [0.1, 0.15) is 12.5 Å². The maximum absolute atomic E-state index is 10.8. The summed E-state index contributed by atoms with van der Waals surface area (Å²) in [7, 11) is 0. The Labute approximate surface area is 101 Å². The summed E-state index contributed by atoms with van der Waals surface area (Å²) in [5.74, 6) is -2.02. The van der Waals surface area contributed by atoms with Gasteiger partial charge in [0.2, 0.25) is 5.75 Å². The van der Waals surface area contributed by atoms with Crippen molar-refractivity contribution in [2.45, 2.75) is 6.92 Å². The minimum atomic E-state index is -1.17. The first-order valence-corrected chi connectivity index (χ1v) is 4.78. The standard InChI is InChI=1S/C11H9NO6/c1-7(13)18-10-4-2-8(3-5-11(14)15)6-9(10)12(16)17/h2-6H,1H3,(H,14,15)/b5-3+. The van der Waals surface area contributed by atoms with Gasteiger partial charge in [0, 0.05) is 19.1 Å². The highest BCUT2D eigenvalue weighted by Gasteiger charge is 2.16. The molecule has 0 saturated heterocycles. The molecule has 0 saturated carbocycles. The van der Waals surface area contributed by atoms with E-state index in [-0.39, 0.29) is 5.75 Å². The van der Waals surface area contributed by atoms with Crippen molar-refractivity contribution in [2.24, 2.45) is 0 Å². The number of carboxylic acids is 1. The Balaban J connectivity index is 3.14. The Morgan fingerprint density at radius 1 is 1.44 bits per heavy atom. The highest BCUT2D eigenvalue weighted by Crippen LogP contribution is 2.28. The van der Waals surface area contributed by atoms with E-state index >= 15 is 0 Å². The largest absolute Gasteiger partial charge is 0.478 e. The molecule has 0 aliphatic rings. The van der Waals surface area contributed by atoms with Crippen molar-refractivity contribution < 1.29 is 24.4 Å². The van der Waals surface area contributed by atoms with E-state index in [0.29, 0.717) is 5.56 Å². The van der Waals surface area contributed by atoms with Crippen LogP contribution in [-0.2, 0) is 9.59 Å². The molecule has 0 atom stereocenters. The van der Waals surface area contributed by atoms with E-state index in [4.69, 9.17) is 5.11 Å². The first-order valence-electron chi connectivity index (χ1n) is 4.78. The SMILES string of the molecule is CC(=O)Oc1ccc(/C=C/C(=O)O)cc1[N+](=O)[O-]. The van der Waals surface area contributed by atoms with Crippen molar-refractivity contribution in [3.63, 3.8) is 0 Å². The van der Waals surface area contributed by atoms with E-state index in [1.165, 1.54) is 18.2 Å². The molecule has 0 aliphatic carbocycles. The quantitative estimate of drug-likeness (QED) is 0.286. The third kappa shape index (κ3) is 3.71. The van der Waals surface area contributed by atoms with Crippen LogP contribution in [0.3, 0.4) is 0 Å². The topological polar surface area (TPSA) is 107 Å². The van der Waals surface area contributed by atoms with Crippen molar-refractivity contribution in [1.29, 1.82) is 0 Å². The molecule has 0 fully saturated rings. The van der Waals surface area contributed by atoms with E-state index < -0.39 is 22.5 Å². The van der Waals surface area contributed by atoms with Gasteiger partial charge in [-0.15, -0.1) is 0 Å². The summed E-state index contributed by atoms with van der Waals surface area (Å²) in [4.78, 5) is 31.1. The average Bonchev–Trinajstić information content (AvgIpc) is 2.26. The lowest BCUT2D eigenvalue weighted by Gasteiger charge is -2.03. The minimum Gasteiger partial charge on any atom is -0.478 e. The van der Waals surface area contributed by atoms with Gasteiger partial charge < -0.3 is 9.84 Å². The summed E-state index contributed by atoms with van der Waals surface area (Å²) in [5.41, 5.74) is -0.0854. The normalized spacial score (nSPS) is 10.3. The first-order chi connectivity index (χ1) is 8.40. The van der Waals surface area contributed by atoms with E-state index in [1.807, 2.05) is 0 Å². The van der Waals surface area contributed by atoms with Gasteiger partial charge in [0.25, 0.3) is 0 Å². The Hall–Kier alpha value is -2.70. The van der Waals surface area contributed by atoms with Gasteiger partial charge in [0.15, 0.2) is 0 Å².